The van der Waals surface area contributed by atoms with Crippen LogP contribution in [0.1, 0.15) is 33.6 Å². The van der Waals surface area contributed by atoms with E-state index in [0.717, 1.165) is 30.9 Å². The molecule has 0 fully saturated rings. The standard InChI is InChI=1S/C22H35N3O5/c1-16(2)15-28-10-5-9-23-22(24-14-17(3)21(26)27-4)25-18-7-8-19-20(13-18)30-12-6-11-29-19/h7-8,13,16-17H,5-6,9-12,14-15H2,1-4H3,(H2,23,24,25). The second kappa shape index (κ2) is 13.0. The summed E-state index contributed by atoms with van der Waals surface area (Å²) in [6, 6.07) is 5.70. The number of guanidine groups is 1. The van der Waals surface area contributed by atoms with E-state index in [2.05, 4.69) is 29.5 Å². The Kier molecular flexibility index (Phi) is 10.3. The van der Waals surface area contributed by atoms with Crippen LogP contribution in [0.2, 0.25) is 0 Å². The normalized spacial score (nSPS) is 14.8. The van der Waals surface area contributed by atoms with Crippen LogP contribution in [0.25, 0.3) is 0 Å². The van der Waals surface area contributed by atoms with E-state index >= 15 is 0 Å². The van der Waals surface area contributed by atoms with Gasteiger partial charge in [-0.2, -0.15) is 0 Å². The molecule has 1 unspecified atom stereocenters. The second-order valence-electron chi connectivity index (χ2n) is 7.70. The van der Waals surface area contributed by atoms with Crippen LogP contribution in [0, 0.1) is 11.8 Å². The van der Waals surface area contributed by atoms with Gasteiger partial charge in [-0.05, 0) is 24.5 Å². The summed E-state index contributed by atoms with van der Waals surface area (Å²) >= 11 is 0. The van der Waals surface area contributed by atoms with E-state index in [1.165, 1.54) is 7.11 Å². The summed E-state index contributed by atoms with van der Waals surface area (Å²) in [4.78, 5) is 16.2. The number of rotatable bonds is 10. The molecular formula is C22H35N3O5. The summed E-state index contributed by atoms with van der Waals surface area (Å²) in [5.41, 5.74) is 0.826. The number of carbonyl (C=O) groups excluding carboxylic acids is 1. The number of anilines is 1. The molecule has 0 spiro atoms. The molecule has 168 valence electrons. The molecule has 8 heteroatoms. The van der Waals surface area contributed by atoms with Crippen LogP contribution in [0.4, 0.5) is 5.69 Å². The first-order valence-corrected chi connectivity index (χ1v) is 10.6. The van der Waals surface area contributed by atoms with Crippen molar-refractivity contribution >= 4 is 17.6 Å². The maximum absolute atomic E-state index is 11.7. The van der Waals surface area contributed by atoms with Crippen molar-refractivity contribution in [3.05, 3.63) is 18.2 Å². The van der Waals surface area contributed by atoms with Crippen molar-refractivity contribution in [1.82, 2.24) is 5.32 Å². The van der Waals surface area contributed by atoms with Crippen LogP contribution in [-0.4, -0.2) is 58.6 Å². The molecular weight excluding hydrogens is 386 g/mol. The van der Waals surface area contributed by atoms with Crippen LogP contribution in [0.3, 0.4) is 0 Å². The second-order valence-corrected chi connectivity index (χ2v) is 7.70. The number of ether oxygens (including phenoxy) is 4. The maximum Gasteiger partial charge on any atom is 0.310 e. The highest BCUT2D eigenvalue weighted by Gasteiger charge is 2.14. The number of hydrogen-bond acceptors (Lipinski definition) is 6. The number of benzene rings is 1. The lowest BCUT2D eigenvalue weighted by molar-refractivity contribution is -0.144. The number of aliphatic imine (C=N–C) groups is 1. The molecule has 0 bridgehead atoms. The molecule has 1 aromatic carbocycles. The van der Waals surface area contributed by atoms with Crippen LogP contribution >= 0.6 is 0 Å². The Hall–Kier alpha value is -2.48. The molecule has 0 aliphatic carbocycles. The minimum atomic E-state index is -0.327. The Bertz CT molecular complexity index is 693. The van der Waals surface area contributed by atoms with E-state index in [1.807, 2.05) is 18.2 Å². The van der Waals surface area contributed by atoms with Crippen LogP contribution in [0.5, 0.6) is 11.5 Å². The molecule has 1 atom stereocenters. The van der Waals surface area contributed by atoms with Crippen LogP contribution in [0.15, 0.2) is 23.2 Å². The fraction of sp³-hybridized carbons (Fsp3) is 0.636. The van der Waals surface area contributed by atoms with Gasteiger partial charge < -0.3 is 29.6 Å². The molecule has 1 aliphatic heterocycles. The number of nitrogens with zero attached hydrogens (tertiary/aromatic N) is 1. The maximum atomic E-state index is 11.7. The Labute approximate surface area is 179 Å². The number of fused-ring (bicyclic) bond motifs is 1. The largest absolute Gasteiger partial charge is 0.490 e. The van der Waals surface area contributed by atoms with E-state index in [9.17, 15) is 4.79 Å². The molecule has 2 N–H and O–H groups in total. The Morgan fingerprint density at radius 3 is 2.70 bits per heavy atom. The van der Waals surface area contributed by atoms with E-state index in [0.29, 0.717) is 50.5 Å². The molecule has 0 aromatic heterocycles. The molecule has 0 radical (unpaired) electrons. The SMILES string of the molecule is COC(=O)C(C)CN=C(NCCCOCC(C)C)Nc1ccc2c(c1)OCCCO2. The molecule has 0 saturated heterocycles. The van der Waals surface area contributed by atoms with Gasteiger partial charge in [0.1, 0.15) is 0 Å². The van der Waals surface area contributed by atoms with Gasteiger partial charge in [-0.15, -0.1) is 0 Å². The van der Waals surface area contributed by atoms with Gasteiger partial charge in [0.05, 0.1) is 32.8 Å². The van der Waals surface area contributed by atoms with Gasteiger partial charge in [0, 0.05) is 37.9 Å². The highest BCUT2D eigenvalue weighted by atomic mass is 16.5. The van der Waals surface area contributed by atoms with E-state index < -0.39 is 0 Å². The van der Waals surface area contributed by atoms with E-state index in [4.69, 9.17) is 18.9 Å². The molecule has 0 saturated carbocycles. The summed E-state index contributed by atoms with van der Waals surface area (Å²) in [6.45, 7) is 9.78. The third-order valence-corrected chi connectivity index (χ3v) is 4.35. The summed E-state index contributed by atoms with van der Waals surface area (Å²) in [5.74, 6) is 1.95. The smallest absolute Gasteiger partial charge is 0.310 e. The fourth-order valence-electron chi connectivity index (χ4n) is 2.72. The zero-order chi connectivity index (χ0) is 21.8. The minimum absolute atomic E-state index is 0.282. The van der Waals surface area contributed by atoms with Gasteiger partial charge in [-0.3, -0.25) is 9.79 Å². The predicted molar refractivity (Wildman–Crippen MR) is 117 cm³/mol. The van der Waals surface area contributed by atoms with E-state index in [-0.39, 0.29) is 11.9 Å². The zero-order valence-electron chi connectivity index (χ0n) is 18.5. The van der Waals surface area contributed by atoms with Crippen molar-refractivity contribution in [3.8, 4) is 11.5 Å². The summed E-state index contributed by atoms with van der Waals surface area (Å²) in [7, 11) is 1.38. The van der Waals surface area contributed by atoms with Gasteiger partial charge in [0.2, 0.25) is 0 Å². The van der Waals surface area contributed by atoms with Gasteiger partial charge >= 0.3 is 5.97 Å². The van der Waals surface area contributed by atoms with Crippen molar-refractivity contribution in [1.29, 1.82) is 0 Å². The number of hydrogen-bond donors (Lipinski definition) is 2. The number of carbonyl (C=O) groups is 1. The number of methoxy groups -OCH3 is 1. The summed E-state index contributed by atoms with van der Waals surface area (Å²) in [6.07, 6.45) is 1.71. The molecule has 2 rings (SSSR count). The van der Waals surface area contributed by atoms with Crippen LogP contribution < -0.4 is 20.1 Å². The predicted octanol–water partition coefficient (Wildman–Crippen LogP) is 3.08. The lowest BCUT2D eigenvalue weighted by Gasteiger charge is -2.15. The fourth-order valence-corrected chi connectivity index (χ4v) is 2.72. The summed E-state index contributed by atoms with van der Waals surface area (Å²) in [5, 5.41) is 6.58. The monoisotopic (exact) mass is 421 g/mol. The Morgan fingerprint density at radius 1 is 1.20 bits per heavy atom. The Balaban J connectivity index is 1.97. The molecule has 1 aliphatic rings. The average molecular weight is 422 g/mol. The van der Waals surface area contributed by atoms with Gasteiger partial charge in [-0.1, -0.05) is 20.8 Å². The zero-order valence-corrected chi connectivity index (χ0v) is 18.5. The molecule has 8 nitrogen and oxygen atoms in total. The lowest BCUT2D eigenvalue weighted by atomic mass is 10.2. The van der Waals surface area contributed by atoms with Crippen molar-refractivity contribution in [2.75, 3.05) is 51.9 Å². The third-order valence-electron chi connectivity index (χ3n) is 4.35. The van der Waals surface area contributed by atoms with Crippen molar-refractivity contribution in [2.45, 2.75) is 33.6 Å². The first-order chi connectivity index (χ1) is 14.5. The van der Waals surface area contributed by atoms with Gasteiger partial charge in [0.15, 0.2) is 17.5 Å². The van der Waals surface area contributed by atoms with Crippen molar-refractivity contribution in [2.24, 2.45) is 16.8 Å². The first-order valence-electron chi connectivity index (χ1n) is 10.6. The van der Waals surface area contributed by atoms with Crippen molar-refractivity contribution in [3.63, 3.8) is 0 Å². The Morgan fingerprint density at radius 2 is 1.97 bits per heavy atom. The molecule has 1 aromatic rings. The summed E-state index contributed by atoms with van der Waals surface area (Å²) < 4.78 is 21.8. The van der Waals surface area contributed by atoms with E-state index in [1.54, 1.807) is 6.92 Å². The average Bonchev–Trinajstić information content (AvgIpc) is 2.98. The lowest BCUT2D eigenvalue weighted by Crippen LogP contribution is -2.33. The topological polar surface area (TPSA) is 90.4 Å². The quantitative estimate of drug-likeness (QED) is 0.260. The number of nitrogens with one attached hydrogen (secondary N) is 2. The van der Waals surface area contributed by atoms with Gasteiger partial charge in [-0.25, -0.2) is 0 Å². The molecule has 30 heavy (non-hydrogen) atoms. The molecule has 1 heterocycles. The third kappa shape index (κ3) is 8.49. The minimum Gasteiger partial charge on any atom is -0.490 e. The van der Waals surface area contributed by atoms with Gasteiger partial charge in [0.25, 0.3) is 0 Å². The van der Waals surface area contributed by atoms with Crippen molar-refractivity contribution < 1.29 is 23.7 Å². The van der Waals surface area contributed by atoms with Crippen LogP contribution in [-0.2, 0) is 14.3 Å². The number of esters is 1. The highest BCUT2D eigenvalue weighted by Crippen LogP contribution is 2.32. The first kappa shape index (κ1) is 23.8. The molecule has 0 amide bonds. The highest BCUT2D eigenvalue weighted by molar-refractivity contribution is 5.94.